The number of alkyl halides is 1. The molecule has 0 aliphatic carbocycles. The van der Waals surface area contributed by atoms with Crippen LogP contribution in [0.4, 0.5) is 9.52 Å². The van der Waals surface area contributed by atoms with E-state index in [2.05, 4.69) is 26.2 Å². The Bertz CT molecular complexity index is 589. The highest BCUT2D eigenvalue weighted by atomic mass is 79.9. The van der Waals surface area contributed by atoms with E-state index in [1.54, 1.807) is 26.0 Å². The quantitative estimate of drug-likeness (QED) is 0.854. The number of benzene rings is 1. The van der Waals surface area contributed by atoms with E-state index < -0.39 is 4.32 Å². The fourth-order valence-electron chi connectivity index (χ4n) is 1.33. The van der Waals surface area contributed by atoms with Crippen molar-refractivity contribution in [3.05, 3.63) is 35.5 Å². The first-order valence-electron chi connectivity index (χ1n) is 5.58. The topological polar surface area (TPSA) is 42.0 Å². The molecule has 0 aliphatic heterocycles. The number of rotatable bonds is 3. The Hall–Kier alpha value is -1.27. The summed E-state index contributed by atoms with van der Waals surface area (Å²) in [6.45, 7) is 3.52. The van der Waals surface area contributed by atoms with Crippen LogP contribution in [0, 0.1) is 5.82 Å². The number of nitrogens with one attached hydrogen (secondary N) is 1. The van der Waals surface area contributed by atoms with Crippen LogP contribution in [-0.2, 0) is 4.79 Å². The third-order valence-electron chi connectivity index (χ3n) is 2.40. The second kappa shape index (κ2) is 5.38. The second-order valence-corrected chi connectivity index (χ2v) is 7.31. The maximum absolute atomic E-state index is 12.8. The van der Waals surface area contributed by atoms with E-state index in [1.165, 1.54) is 23.5 Å². The van der Waals surface area contributed by atoms with E-state index in [4.69, 9.17) is 0 Å². The molecule has 2 rings (SSSR count). The van der Waals surface area contributed by atoms with E-state index in [0.717, 1.165) is 5.56 Å². The Morgan fingerprint density at radius 3 is 2.58 bits per heavy atom. The smallest absolute Gasteiger partial charge is 0.242 e. The van der Waals surface area contributed by atoms with Gasteiger partial charge >= 0.3 is 0 Å². The van der Waals surface area contributed by atoms with E-state index in [1.807, 2.05) is 5.38 Å². The Labute approximate surface area is 123 Å². The van der Waals surface area contributed by atoms with Crippen LogP contribution in [0.5, 0.6) is 0 Å². The predicted octanol–water partition coefficient (Wildman–Crippen LogP) is 4.06. The highest BCUT2D eigenvalue weighted by molar-refractivity contribution is 9.10. The van der Waals surface area contributed by atoms with Crippen LogP contribution < -0.4 is 5.32 Å². The predicted molar refractivity (Wildman–Crippen MR) is 79.1 cm³/mol. The molecular weight excluding hydrogens is 331 g/mol. The average molecular weight is 343 g/mol. The van der Waals surface area contributed by atoms with Gasteiger partial charge in [0.1, 0.15) is 5.82 Å². The summed E-state index contributed by atoms with van der Waals surface area (Å²) < 4.78 is 12.2. The zero-order valence-electron chi connectivity index (χ0n) is 10.4. The highest BCUT2D eigenvalue weighted by Crippen LogP contribution is 2.26. The number of carbonyl (C=O) groups is 1. The zero-order chi connectivity index (χ0) is 14.0. The van der Waals surface area contributed by atoms with Crippen molar-refractivity contribution in [2.24, 2.45) is 0 Å². The lowest BCUT2D eigenvalue weighted by Gasteiger charge is -2.13. The van der Waals surface area contributed by atoms with Crippen molar-refractivity contribution in [3.63, 3.8) is 0 Å². The van der Waals surface area contributed by atoms with Gasteiger partial charge in [0.15, 0.2) is 5.13 Å². The molecule has 1 N–H and O–H groups in total. The average Bonchev–Trinajstić information content (AvgIpc) is 2.77. The molecule has 3 nitrogen and oxygen atoms in total. The Kier molecular flexibility index (Phi) is 4.01. The minimum Gasteiger partial charge on any atom is -0.301 e. The van der Waals surface area contributed by atoms with Gasteiger partial charge in [-0.15, -0.1) is 11.3 Å². The summed E-state index contributed by atoms with van der Waals surface area (Å²) in [7, 11) is 0. The van der Waals surface area contributed by atoms with Gasteiger partial charge in [0.25, 0.3) is 0 Å². The normalized spacial score (nSPS) is 11.4. The lowest BCUT2D eigenvalue weighted by molar-refractivity contribution is -0.117. The lowest BCUT2D eigenvalue weighted by atomic mass is 10.2. The number of carbonyl (C=O) groups excluding carboxylic acids is 1. The second-order valence-electron chi connectivity index (χ2n) is 4.47. The molecule has 0 saturated heterocycles. The van der Waals surface area contributed by atoms with Crippen LogP contribution in [0.3, 0.4) is 0 Å². The number of anilines is 1. The van der Waals surface area contributed by atoms with Crippen molar-refractivity contribution in [2.75, 3.05) is 5.32 Å². The maximum atomic E-state index is 12.8. The third-order valence-corrected chi connectivity index (χ3v) is 3.52. The van der Waals surface area contributed by atoms with Gasteiger partial charge in [-0.2, -0.15) is 0 Å². The Morgan fingerprint density at radius 1 is 1.37 bits per heavy atom. The molecule has 0 atom stereocenters. The van der Waals surface area contributed by atoms with Crippen LogP contribution >= 0.6 is 27.3 Å². The van der Waals surface area contributed by atoms with Crippen molar-refractivity contribution in [2.45, 2.75) is 18.2 Å². The van der Waals surface area contributed by atoms with Crippen LogP contribution in [-0.4, -0.2) is 15.2 Å². The van der Waals surface area contributed by atoms with Gasteiger partial charge in [-0.25, -0.2) is 9.37 Å². The molecule has 1 aromatic carbocycles. The Balaban J connectivity index is 2.16. The minimum absolute atomic E-state index is 0.160. The highest BCUT2D eigenvalue weighted by Gasteiger charge is 2.24. The first-order chi connectivity index (χ1) is 8.86. The summed E-state index contributed by atoms with van der Waals surface area (Å²) in [6.07, 6.45) is 0. The van der Waals surface area contributed by atoms with Crippen LogP contribution in [0.1, 0.15) is 13.8 Å². The number of aromatic nitrogens is 1. The molecule has 1 aromatic heterocycles. The number of halogens is 2. The number of hydrogen-bond donors (Lipinski definition) is 1. The van der Waals surface area contributed by atoms with Crippen LogP contribution in [0.15, 0.2) is 29.6 Å². The van der Waals surface area contributed by atoms with Crippen molar-refractivity contribution in [3.8, 4) is 11.3 Å². The SMILES string of the molecule is CC(C)(Br)C(=O)Nc1nc(-c2ccc(F)cc2)cs1. The van der Waals surface area contributed by atoms with E-state index >= 15 is 0 Å². The summed E-state index contributed by atoms with van der Waals surface area (Å²) in [6, 6.07) is 6.08. The molecule has 0 radical (unpaired) electrons. The van der Waals surface area contributed by atoms with Gasteiger partial charge in [-0.1, -0.05) is 15.9 Å². The molecule has 0 aliphatic rings. The molecule has 1 heterocycles. The summed E-state index contributed by atoms with van der Waals surface area (Å²) in [5.41, 5.74) is 1.53. The molecular formula is C13H12BrFN2OS. The lowest BCUT2D eigenvalue weighted by Crippen LogP contribution is -2.30. The fraction of sp³-hybridized carbons (Fsp3) is 0.231. The van der Waals surface area contributed by atoms with Crippen molar-refractivity contribution < 1.29 is 9.18 Å². The largest absolute Gasteiger partial charge is 0.301 e. The summed E-state index contributed by atoms with van der Waals surface area (Å²) in [5, 5.41) is 5.08. The first-order valence-corrected chi connectivity index (χ1v) is 7.25. The number of nitrogens with zero attached hydrogens (tertiary/aromatic N) is 1. The molecule has 0 unspecified atom stereocenters. The fourth-order valence-corrected chi connectivity index (χ4v) is 2.14. The minimum atomic E-state index is -0.644. The number of hydrogen-bond acceptors (Lipinski definition) is 3. The van der Waals surface area contributed by atoms with Crippen molar-refractivity contribution >= 4 is 38.3 Å². The zero-order valence-corrected chi connectivity index (χ0v) is 12.8. The molecule has 6 heteroatoms. The van der Waals surface area contributed by atoms with E-state index in [9.17, 15) is 9.18 Å². The van der Waals surface area contributed by atoms with Crippen molar-refractivity contribution in [1.82, 2.24) is 4.98 Å². The maximum Gasteiger partial charge on any atom is 0.242 e. The molecule has 0 saturated carbocycles. The number of thiazole rings is 1. The summed E-state index contributed by atoms with van der Waals surface area (Å²) >= 11 is 4.62. The molecule has 0 bridgehead atoms. The Morgan fingerprint density at radius 2 is 2.00 bits per heavy atom. The van der Waals surface area contributed by atoms with Gasteiger partial charge in [-0.3, -0.25) is 4.79 Å². The van der Waals surface area contributed by atoms with Crippen LogP contribution in [0.25, 0.3) is 11.3 Å². The van der Waals surface area contributed by atoms with Gasteiger partial charge in [0.2, 0.25) is 5.91 Å². The van der Waals surface area contributed by atoms with Crippen molar-refractivity contribution in [1.29, 1.82) is 0 Å². The number of amides is 1. The van der Waals surface area contributed by atoms with Crippen LogP contribution in [0.2, 0.25) is 0 Å². The third kappa shape index (κ3) is 3.61. The van der Waals surface area contributed by atoms with Gasteiger partial charge in [-0.05, 0) is 38.1 Å². The van der Waals surface area contributed by atoms with Gasteiger partial charge < -0.3 is 5.32 Å². The van der Waals surface area contributed by atoms with E-state index in [0.29, 0.717) is 10.8 Å². The molecule has 19 heavy (non-hydrogen) atoms. The monoisotopic (exact) mass is 342 g/mol. The summed E-state index contributed by atoms with van der Waals surface area (Å²) in [4.78, 5) is 16.1. The van der Waals surface area contributed by atoms with E-state index in [-0.39, 0.29) is 11.7 Å². The molecule has 100 valence electrons. The molecule has 2 aromatic rings. The summed E-state index contributed by atoms with van der Waals surface area (Å²) in [5.74, 6) is -0.443. The molecule has 0 spiro atoms. The standard InChI is InChI=1S/C13H12BrFN2OS/c1-13(2,14)11(18)17-12-16-10(7-19-12)8-3-5-9(15)6-4-8/h3-7H,1-2H3,(H,16,17,18). The molecule has 1 amide bonds. The van der Waals surface area contributed by atoms with Gasteiger partial charge in [0, 0.05) is 10.9 Å². The molecule has 0 fully saturated rings. The van der Waals surface area contributed by atoms with Gasteiger partial charge in [0.05, 0.1) is 10.0 Å². The first kappa shape index (κ1) is 14.1.